The number of amides is 1. The van der Waals surface area contributed by atoms with Crippen molar-refractivity contribution in [2.75, 3.05) is 6.54 Å². The van der Waals surface area contributed by atoms with Gasteiger partial charge in [-0.25, -0.2) is 0 Å². The Balaban J connectivity index is 2.40. The molecule has 0 aliphatic heterocycles. The van der Waals surface area contributed by atoms with Crippen LogP contribution in [0.15, 0.2) is 36.4 Å². The Morgan fingerprint density at radius 3 is 2.59 bits per heavy atom. The predicted octanol–water partition coefficient (Wildman–Crippen LogP) is 1.54. The number of carbonyl (C=O) groups excluding carboxylic acids is 1. The molecule has 1 aromatic rings. The fourth-order valence-corrected chi connectivity index (χ4v) is 1.14. The molecular formula is C13H15NO3. The van der Waals surface area contributed by atoms with Crippen LogP contribution in [0, 0.1) is 5.92 Å². The fourth-order valence-electron chi connectivity index (χ4n) is 1.14. The Morgan fingerprint density at radius 1 is 1.35 bits per heavy atom. The molecule has 1 unspecified atom stereocenters. The predicted molar refractivity (Wildman–Crippen MR) is 65.3 cm³/mol. The van der Waals surface area contributed by atoms with Crippen molar-refractivity contribution in [2.45, 2.75) is 6.92 Å². The van der Waals surface area contributed by atoms with Crippen molar-refractivity contribution < 1.29 is 14.7 Å². The number of carbonyl (C=O) groups is 2. The van der Waals surface area contributed by atoms with Gasteiger partial charge >= 0.3 is 5.97 Å². The van der Waals surface area contributed by atoms with Gasteiger partial charge in [0.15, 0.2) is 0 Å². The number of benzene rings is 1. The molecule has 4 heteroatoms. The van der Waals surface area contributed by atoms with Gasteiger partial charge in [-0.2, -0.15) is 0 Å². The molecule has 1 rings (SSSR count). The monoisotopic (exact) mass is 233 g/mol. The molecule has 1 amide bonds. The quantitative estimate of drug-likeness (QED) is 0.758. The van der Waals surface area contributed by atoms with Gasteiger partial charge in [0.05, 0.1) is 5.92 Å². The zero-order valence-corrected chi connectivity index (χ0v) is 9.59. The lowest BCUT2D eigenvalue weighted by Crippen LogP contribution is -2.30. The summed E-state index contributed by atoms with van der Waals surface area (Å²) < 4.78 is 0. The van der Waals surface area contributed by atoms with E-state index in [-0.39, 0.29) is 12.5 Å². The third-order valence-electron chi connectivity index (χ3n) is 2.23. The Kier molecular flexibility index (Phi) is 4.94. The van der Waals surface area contributed by atoms with Crippen LogP contribution in [0.25, 0.3) is 6.08 Å². The summed E-state index contributed by atoms with van der Waals surface area (Å²) in [5.74, 6) is -1.79. The van der Waals surface area contributed by atoms with Crippen molar-refractivity contribution in [3.8, 4) is 0 Å². The highest BCUT2D eigenvalue weighted by Crippen LogP contribution is 2.00. The number of rotatable bonds is 5. The minimum absolute atomic E-state index is 0.132. The van der Waals surface area contributed by atoms with Crippen LogP contribution in [-0.4, -0.2) is 23.5 Å². The van der Waals surface area contributed by atoms with Gasteiger partial charge in [0, 0.05) is 12.6 Å². The van der Waals surface area contributed by atoms with Crippen LogP contribution >= 0.6 is 0 Å². The summed E-state index contributed by atoms with van der Waals surface area (Å²) in [5.41, 5.74) is 0.925. The minimum atomic E-state index is -0.919. The number of nitrogens with one attached hydrogen (secondary N) is 1. The molecule has 0 aliphatic rings. The van der Waals surface area contributed by atoms with Crippen molar-refractivity contribution in [1.82, 2.24) is 5.32 Å². The Morgan fingerprint density at radius 2 is 2.00 bits per heavy atom. The number of aliphatic carboxylic acids is 1. The molecular weight excluding hydrogens is 218 g/mol. The molecule has 0 bridgehead atoms. The van der Waals surface area contributed by atoms with Crippen LogP contribution in [0.4, 0.5) is 0 Å². The first-order chi connectivity index (χ1) is 8.09. The van der Waals surface area contributed by atoms with E-state index in [1.54, 1.807) is 13.0 Å². The zero-order chi connectivity index (χ0) is 12.7. The summed E-state index contributed by atoms with van der Waals surface area (Å²) in [6.45, 7) is 1.68. The van der Waals surface area contributed by atoms with Crippen molar-refractivity contribution in [1.29, 1.82) is 0 Å². The van der Waals surface area contributed by atoms with Crippen molar-refractivity contribution in [3.05, 3.63) is 42.0 Å². The van der Waals surface area contributed by atoms with Crippen LogP contribution in [0.1, 0.15) is 12.5 Å². The maximum Gasteiger partial charge on any atom is 0.308 e. The molecule has 4 nitrogen and oxygen atoms in total. The Hall–Kier alpha value is -2.10. The van der Waals surface area contributed by atoms with E-state index in [1.165, 1.54) is 6.08 Å². The SMILES string of the molecule is CC(CNC(=O)/C=C/c1ccccc1)C(=O)O. The van der Waals surface area contributed by atoms with Crippen molar-refractivity contribution in [3.63, 3.8) is 0 Å². The summed E-state index contributed by atoms with van der Waals surface area (Å²) in [5, 5.41) is 11.2. The largest absolute Gasteiger partial charge is 0.481 e. The average molecular weight is 233 g/mol. The molecule has 1 atom stereocenters. The molecule has 17 heavy (non-hydrogen) atoms. The third kappa shape index (κ3) is 4.97. The van der Waals surface area contributed by atoms with Crippen LogP contribution < -0.4 is 5.32 Å². The standard InChI is InChI=1S/C13H15NO3/c1-10(13(16)17)9-14-12(15)8-7-11-5-3-2-4-6-11/h2-8,10H,9H2,1H3,(H,14,15)(H,16,17)/b8-7+. The van der Waals surface area contributed by atoms with E-state index in [0.717, 1.165) is 5.56 Å². The topological polar surface area (TPSA) is 66.4 Å². The van der Waals surface area contributed by atoms with Gasteiger partial charge in [0.25, 0.3) is 0 Å². The second-order valence-corrected chi connectivity index (χ2v) is 3.73. The van der Waals surface area contributed by atoms with Crippen LogP contribution in [0.2, 0.25) is 0 Å². The Bertz CT molecular complexity index is 412. The number of carboxylic acids is 1. The van der Waals surface area contributed by atoms with Crippen molar-refractivity contribution in [2.24, 2.45) is 5.92 Å². The van der Waals surface area contributed by atoms with Gasteiger partial charge in [0.2, 0.25) is 5.91 Å². The highest BCUT2D eigenvalue weighted by atomic mass is 16.4. The van der Waals surface area contributed by atoms with E-state index in [0.29, 0.717) is 0 Å². The van der Waals surface area contributed by atoms with E-state index in [1.807, 2.05) is 30.3 Å². The first-order valence-electron chi connectivity index (χ1n) is 5.33. The average Bonchev–Trinajstić information content (AvgIpc) is 2.34. The summed E-state index contributed by atoms with van der Waals surface area (Å²) in [6, 6.07) is 9.41. The minimum Gasteiger partial charge on any atom is -0.481 e. The molecule has 0 saturated carbocycles. The van der Waals surface area contributed by atoms with E-state index >= 15 is 0 Å². The van der Waals surface area contributed by atoms with E-state index < -0.39 is 11.9 Å². The number of carboxylic acid groups (broad SMARTS) is 1. The van der Waals surface area contributed by atoms with E-state index in [9.17, 15) is 9.59 Å². The molecule has 1 aromatic carbocycles. The lowest BCUT2D eigenvalue weighted by molar-refractivity contribution is -0.141. The van der Waals surface area contributed by atoms with Crippen LogP contribution in [0.3, 0.4) is 0 Å². The molecule has 0 spiro atoms. The second kappa shape index (κ2) is 6.48. The molecule has 90 valence electrons. The van der Waals surface area contributed by atoms with E-state index in [4.69, 9.17) is 5.11 Å². The highest BCUT2D eigenvalue weighted by molar-refractivity contribution is 5.91. The Labute approximate surface area is 100.0 Å². The molecule has 0 heterocycles. The molecule has 0 saturated heterocycles. The van der Waals surface area contributed by atoms with Gasteiger partial charge in [-0.3, -0.25) is 9.59 Å². The molecule has 0 aliphatic carbocycles. The normalized spacial score (nSPS) is 12.3. The summed E-state index contributed by atoms with van der Waals surface area (Å²) >= 11 is 0. The maximum atomic E-state index is 11.4. The van der Waals surface area contributed by atoms with Gasteiger partial charge in [-0.15, -0.1) is 0 Å². The molecule has 2 N–H and O–H groups in total. The molecule has 0 aromatic heterocycles. The summed E-state index contributed by atoms with van der Waals surface area (Å²) in [7, 11) is 0. The zero-order valence-electron chi connectivity index (χ0n) is 9.59. The highest BCUT2D eigenvalue weighted by Gasteiger charge is 2.10. The third-order valence-corrected chi connectivity index (χ3v) is 2.23. The van der Waals surface area contributed by atoms with Gasteiger partial charge in [-0.1, -0.05) is 37.3 Å². The van der Waals surface area contributed by atoms with Crippen LogP contribution in [-0.2, 0) is 9.59 Å². The smallest absolute Gasteiger partial charge is 0.308 e. The number of hydrogen-bond acceptors (Lipinski definition) is 2. The first-order valence-corrected chi connectivity index (χ1v) is 5.33. The van der Waals surface area contributed by atoms with Gasteiger partial charge < -0.3 is 10.4 Å². The van der Waals surface area contributed by atoms with Crippen molar-refractivity contribution >= 4 is 18.0 Å². The molecule has 0 fully saturated rings. The van der Waals surface area contributed by atoms with E-state index in [2.05, 4.69) is 5.32 Å². The van der Waals surface area contributed by atoms with Crippen LogP contribution in [0.5, 0.6) is 0 Å². The number of hydrogen-bond donors (Lipinski definition) is 2. The lowest BCUT2D eigenvalue weighted by Gasteiger charge is -2.05. The van der Waals surface area contributed by atoms with Gasteiger partial charge in [-0.05, 0) is 11.6 Å². The first kappa shape index (κ1) is 13.0. The fraction of sp³-hybridized carbons (Fsp3) is 0.231. The maximum absolute atomic E-state index is 11.4. The molecule has 0 radical (unpaired) electrons. The second-order valence-electron chi connectivity index (χ2n) is 3.73. The summed E-state index contributed by atoms with van der Waals surface area (Å²) in [4.78, 5) is 21.9. The lowest BCUT2D eigenvalue weighted by atomic mass is 10.2. The summed E-state index contributed by atoms with van der Waals surface area (Å²) in [6.07, 6.45) is 3.07. The van der Waals surface area contributed by atoms with Gasteiger partial charge in [0.1, 0.15) is 0 Å².